The molecular weight excluding hydrogens is 474 g/mol. The molecule has 1 saturated carbocycles. The lowest BCUT2D eigenvalue weighted by molar-refractivity contribution is 0.178. The second-order valence-corrected chi connectivity index (χ2v) is 10.1. The maximum absolute atomic E-state index is 13.0. The van der Waals surface area contributed by atoms with Crippen LogP contribution in [0.3, 0.4) is 0 Å². The molecule has 3 aromatic rings. The number of cyclic esters (lactones) is 1. The lowest BCUT2D eigenvalue weighted by atomic mass is 10.0. The standard InChI is InChI=1S/C26H29N7O4/c1-5-18-12-36-25(35)33(18)24-30-15(3)29-23(32-24)28-14(2)19-9-16-8-17(11-27)21(10-20(16)31-22(19)34)37-13-26(4)6-7-26/h8-10,14,18H,5-7,12-13H2,1-4H3,(H,31,34)(H,28,29,30,32)/t14-,18-/m0/s1. The van der Waals surface area contributed by atoms with Crippen molar-refractivity contribution < 1.29 is 14.3 Å². The van der Waals surface area contributed by atoms with Crippen molar-refractivity contribution in [1.82, 2.24) is 19.9 Å². The highest BCUT2D eigenvalue weighted by molar-refractivity contribution is 5.88. The fourth-order valence-corrected chi connectivity index (χ4v) is 4.31. The Balaban J connectivity index is 1.42. The third-order valence-electron chi connectivity index (χ3n) is 6.97. The molecule has 1 saturated heterocycles. The quantitative estimate of drug-likeness (QED) is 0.466. The number of hydrogen-bond donors (Lipinski definition) is 2. The Morgan fingerprint density at radius 2 is 2.08 bits per heavy atom. The molecule has 0 spiro atoms. The van der Waals surface area contributed by atoms with Gasteiger partial charge in [-0.3, -0.25) is 4.79 Å². The predicted molar refractivity (Wildman–Crippen MR) is 137 cm³/mol. The number of hydrogen-bond acceptors (Lipinski definition) is 9. The lowest BCUT2D eigenvalue weighted by Crippen LogP contribution is -2.35. The summed E-state index contributed by atoms with van der Waals surface area (Å²) in [7, 11) is 0. The summed E-state index contributed by atoms with van der Waals surface area (Å²) >= 11 is 0. The van der Waals surface area contributed by atoms with Crippen LogP contribution >= 0.6 is 0 Å². The molecule has 1 amide bonds. The van der Waals surface area contributed by atoms with Gasteiger partial charge in [0.1, 0.15) is 24.3 Å². The van der Waals surface area contributed by atoms with E-state index in [1.165, 1.54) is 4.90 Å². The minimum Gasteiger partial charge on any atom is -0.492 e. The Hall–Kier alpha value is -4.20. The normalized spacial score (nSPS) is 18.8. The van der Waals surface area contributed by atoms with Gasteiger partial charge in [0.05, 0.1) is 29.8 Å². The molecule has 37 heavy (non-hydrogen) atoms. The van der Waals surface area contributed by atoms with E-state index in [2.05, 4.69) is 38.2 Å². The number of anilines is 2. The molecule has 11 heteroatoms. The first-order valence-electron chi connectivity index (χ1n) is 12.4. The van der Waals surface area contributed by atoms with Crippen molar-refractivity contribution in [3.8, 4) is 11.8 Å². The van der Waals surface area contributed by atoms with Crippen LogP contribution in [-0.2, 0) is 4.74 Å². The number of ether oxygens (including phenoxy) is 2. The SMILES string of the molecule is CC[C@H]1COC(=O)N1c1nc(C)nc(N[C@@H](C)c2cc3cc(C#N)c(OCC4(C)CC4)cc3[nH]c2=O)n1. The van der Waals surface area contributed by atoms with E-state index in [4.69, 9.17) is 9.47 Å². The number of aromatic nitrogens is 4. The minimum absolute atomic E-state index is 0.154. The Bertz CT molecular complexity index is 1470. The highest BCUT2D eigenvalue weighted by Gasteiger charge is 2.38. The Labute approximate surface area is 213 Å². The molecular formula is C26H29N7O4. The van der Waals surface area contributed by atoms with Crippen LogP contribution in [0.4, 0.5) is 16.7 Å². The number of rotatable bonds is 8. The highest BCUT2D eigenvalue weighted by Crippen LogP contribution is 2.45. The number of carbonyl (C=O) groups is 1. The molecule has 2 aliphatic rings. The number of nitrogens with one attached hydrogen (secondary N) is 2. The third kappa shape index (κ3) is 4.91. The summed E-state index contributed by atoms with van der Waals surface area (Å²) in [5, 5.41) is 13.5. The van der Waals surface area contributed by atoms with E-state index in [-0.39, 0.29) is 35.5 Å². The fraction of sp³-hybridized carbons (Fsp3) is 0.462. The molecule has 11 nitrogen and oxygen atoms in total. The number of nitrogens with zero attached hydrogens (tertiary/aromatic N) is 5. The Kier molecular flexibility index (Phi) is 6.19. The molecule has 2 fully saturated rings. The van der Waals surface area contributed by atoms with Gasteiger partial charge in [0.25, 0.3) is 5.56 Å². The maximum Gasteiger partial charge on any atom is 0.417 e. The first-order chi connectivity index (χ1) is 17.7. The van der Waals surface area contributed by atoms with Gasteiger partial charge in [-0.1, -0.05) is 13.8 Å². The summed E-state index contributed by atoms with van der Waals surface area (Å²) in [5.41, 5.74) is 1.34. The van der Waals surface area contributed by atoms with Crippen molar-refractivity contribution in [3.05, 3.63) is 45.5 Å². The number of aromatic amines is 1. The van der Waals surface area contributed by atoms with Crippen molar-refractivity contribution in [1.29, 1.82) is 5.26 Å². The maximum atomic E-state index is 13.0. The van der Waals surface area contributed by atoms with Crippen molar-refractivity contribution in [2.75, 3.05) is 23.4 Å². The summed E-state index contributed by atoms with van der Waals surface area (Å²) in [5.74, 6) is 1.33. The number of amides is 1. The van der Waals surface area contributed by atoms with Gasteiger partial charge in [0, 0.05) is 22.4 Å². The summed E-state index contributed by atoms with van der Waals surface area (Å²) in [6.45, 7) is 8.45. The van der Waals surface area contributed by atoms with Crippen LogP contribution in [0.1, 0.15) is 63.0 Å². The largest absolute Gasteiger partial charge is 0.492 e. The second kappa shape index (κ2) is 9.35. The van der Waals surface area contributed by atoms with Gasteiger partial charge in [-0.15, -0.1) is 0 Å². The van der Waals surface area contributed by atoms with Crippen molar-refractivity contribution >= 4 is 28.9 Å². The van der Waals surface area contributed by atoms with Gasteiger partial charge in [0.2, 0.25) is 11.9 Å². The van der Waals surface area contributed by atoms with E-state index in [0.29, 0.717) is 46.6 Å². The molecule has 2 N–H and O–H groups in total. The number of aryl methyl sites for hydroxylation is 1. The highest BCUT2D eigenvalue weighted by atomic mass is 16.6. The monoisotopic (exact) mass is 503 g/mol. The number of H-pyrrole nitrogens is 1. The molecule has 2 aromatic heterocycles. The molecule has 192 valence electrons. The molecule has 0 radical (unpaired) electrons. The summed E-state index contributed by atoms with van der Waals surface area (Å²) in [6, 6.07) is 6.75. The topological polar surface area (TPSA) is 146 Å². The number of benzene rings is 1. The Morgan fingerprint density at radius 1 is 1.30 bits per heavy atom. The zero-order valence-corrected chi connectivity index (χ0v) is 21.3. The van der Waals surface area contributed by atoms with Crippen LogP contribution in [0.2, 0.25) is 0 Å². The first-order valence-corrected chi connectivity index (χ1v) is 12.4. The number of fused-ring (bicyclic) bond motifs is 1. The van der Waals surface area contributed by atoms with Crippen LogP contribution in [0, 0.1) is 23.7 Å². The average molecular weight is 504 g/mol. The van der Waals surface area contributed by atoms with Crippen molar-refractivity contribution in [3.63, 3.8) is 0 Å². The van der Waals surface area contributed by atoms with E-state index >= 15 is 0 Å². The molecule has 1 aliphatic carbocycles. The van der Waals surface area contributed by atoms with E-state index in [1.807, 2.05) is 13.8 Å². The van der Waals surface area contributed by atoms with Gasteiger partial charge in [-0.05, 0) is 45.2 Å². The minimum atomic E-state index is -0.495. The molecule has 2 atom stereocenters. The molecule has 5 rings (SSSR count). The summed E-state index contributed by atoms with van der Waals surface area (Å²) in [4.78, 5) is 42.7. The summed E-state index contributed by atoms with van der Waals surface area (Å²) in [6.07, 6.45) is 2.41. The van der Waals surface area contributed by atoms with Gasteiger partial charge in [-0.2, -0.15) is 20.2 Å². The van der Waals surface area contributed by atoms with Crippen molar-refractivity contribution in [2.45, 2.75) is 59.0 Å². The molecule has 1 aromatic carbocycles. The average Bonchev–Trinajstić information content (AvgIpc) is 3.48. The van der Waals surface area contributed by atoms with E-state index < -0.39 is 12.1 Å². The molecule has 0 unspecified atom stereocenters. The lowest BCUT2D eigenvalue weighted by Gasteiger charge is -2.20. The molecule has 1 aliphatic heterocycles. The van der Waals surface area contributed by atoms with E-state index in [1.54, 1.807) is 25.1 Å². The van der Waals surface area contributed by atoms with Crippen LogP contribution in [-0.4, -0.2) is 45.3 Å². The van der Waals surface area contributed by atoms with Gasteiger partial charge in [-0.25, -0.2) is 9.69 Å². The van der Waals surface area contributed by atoms with Crippen LogP contribution < -0.4 is 20.5 Å². The number of carbonyl (C=O) groups excluding carboxylic acids is 1. The molecule has 0 bridgehead atoms. The fourth-order valence-electron chi connectivity index (χ4n) is 4.31. The Morgan fingerprint density at radius 3 is 2.78 bits per heavy atom. The number of pyridine rings is 1. The zero-order valence-electron chi connectivity index (χ0n) is 21.3. The van der Waals surface area contributed by atoms with Crippen molar-refractivity contribution in [2.24, 2.45) is 5.41 Å². The predicted octanol–water partition coefficient (Wildman–Crippen LogP) is 3.98. The third-order valence-corrected chi connectivity index (χ3v) is 6.97. The first kappa shape index (κ1) is 24.5. The number of nitriles is 1. The molecule has 3 heterocycles. The summed E-state index contributed by atoms with van der Waals surface area (Å²) < 4.78 is 11.1. The zero-order chi connectivity index (χ0) is 26.3. The van der Waals surface area contributed by atoms with E-state index in [0.717, 1.165) is 12.8 Å². The van der Waals surface area contributed by atoms with Gasteiger partial charge in [0.15, 0.2) is 0 Å². The second-order valence-electron chi connectivity index (χ2n) is 10.1. The van der Waals surface area contributed by atoms with Crippen LogP contribution in [0.5, 0.6) is 5.75 Å². The van der Waals surface area contributed by atoms with E-state index in [9.17, 15) is 14.9 Å². The van der Waals surface area contributed by atoms with Crippen LogP contribution in [0.25, 0.3) is 10.9 Å². The smallest absolute Gasteiger partial charge is 0.417 e. The van der Waals surface area contributed by atoms with Gasteiger partial charge < -0.3 is 19.8 Å². The van der Waals surface area contributed by atoms with Gasteiger partial charge >= 0.3 is 6.09 Å². The van der Waals surface area contributed by atoms with Crippen LogP contribution in [0.15, 0.2) is 23.0 Å².